The first-order valence-electron chi connectivity index (χ1n) is 15.3. The molecule has 2 N–H and O–H groups in total. The van der Waals surface area contributed by atoms with Crippen molar-refractivity contribution in [3.8, 4) is 5.75 Å². The molecule has 0 unspecified atom stereocenters. The van der Waals surface area contributed by atoms with Gasteiger partial charge in [0.25, 0.3) is 5.91 Å². The van der Waals surface area contributed by atoms with E-state index in [9.17, 15) is 18.8 Å². The molecular formula is C33H43FN4O5. The Labute approximate surface area is 253 Å². The molecular weight excluding hydrogens is 551 g/mol. The maximum absolute atomic E-state index is 13.9. The molecule has 0 aliphatic carbocycles. The first kappa shape index (κ1) is 30.9. The molecule has 0 saturated carbocycles. The molecule has 0 radical (unpaired) electrons. The van der Waals surface area contributed by atoms with Crippen molar-refractivity contribution >= 4 is 17.7 Å². The molecule has 2 bridgehead atoms. The first-order chi connectivity index (χ1) is 20.6. The molecule has 10 heteroatoms. The number of hydrogen-bond donors (Lipinski definition) is 2. The minimum atomic E-state index is -0.758. The Morgan fingerprint density at radius 1 is 1.05 bits per heavy atom. The maximum atomic E-state index is 13.9. The zero-order valence-electron chi connectivity index (χ0n) is 25.3. The Balaban J connectivity index is 1.37. The second kappa shape index (κ2) is 13.4. The fraction of sp³-hybridized carbons (Fsp3) is 0.545. The quantitative estimate of drug-likeness (QED) is 0.562. The van der Waals surface area contributed by atoms with Gasteiger partial charge in [-0.1, -0.05) is 45.0 Å². The smallest absolute Gasteiger partial charge is 0.258 e. The number of rotatable bonds is 4. The summed E-state index contributed by atoms with van der Waals surface area (Å²) in [5.41, 5.74) is 1.20. The van der Waals surface area contributed by atoms with Crippen molar-refractivity contribution in [1.29, 1.82) is 0 Å². The van der Waals surface area contributed by atoms with E-state index in [1.165, 1.54) is 12.1 Å². The van der Waals surface area contributed by atoms with Crippen LogP contribution in [0.3, 0.4) is 0 Å². The fourth-order valence-electron chi connectivity index (χ4n) is 6.11. The van der Waals surface area contributed by atoms with Crippen LogP contribution in [0, 0.1) is 11.2 Å². The summed E-state index contributed by atoms with van der Waals surface area (Å²) in [6.07, 6.45) is 1.99. The van der Waals surface area contributed by atoms with Crippen LogP contribution in [0.25, 0.3) is 0 Å². The van der Waals surface area contributed by atoms with E-state index in [0.717, 1.165) is 18.4 Å². The predicted octanol–water partition coefficient (Wildman–Crippen LogP) is 3.52. The molecule has 2 saturated heterocycles. The van der Waals surface area contributed by atoms with Gasteiger partial charge < -0.3 is 25.0 Å². The fourth-order valence-corrected chi connectivity index (χ4v) is 6.11. The average molecular weight is 595 g/mol. The highest BCUT2D eigenvalue weighted by atomic mass is 19.1. The van der Waals surface area contributed by atoms with Gasteiger partial charge in [0.1, 0.15) is 17.6 Å². The monoisotopic (exact) mass is 594 g/mol. The second-order valence-electron chi connectivity index (χ2n) is 13.0. The second-order valence-corrected chi connectivity index (χ2v) is 13.0. The van der Waals surface area contributed by atoms with Crippen molar-refractivity contribution in [2.75, 3.05) is 32.8 Å². The number of benzene rings is 2. The van der Waals surface area contributed by atoms with Gasteiger partial charge in [0.15, 0.2) is 0 Å². The predicted molar refractivity (Wildman–Crippen MR) is 160 cm³/mol. The summed E-state index contributed by atoms with van der Waals surface area (Å²) in [7, 11) is 0. The highest BCUT2D eigenvalue weighted by molar-refractivity contribution is 6.00. The number of carbonyl (C=O) groups is 3. The zero-order chi connectivity index (χ0) is 30.6. The van der Waals surface area contributed by atoms with Gasteiger partial charge in [-0.3, -0.25) is 19.3 Å². The van der Waals surface area contributed by atoms with E-state index in [1.807, 2.05) is 26.8 Å². The molecule has 4 atom stereocenters. The molecule has 3 aliphatic heterocycles. The van der Waals surface area contributed by atoms with Crippen molar-refractivity contribution in [3.63, 3.8) is 0 Å². The van der Waals surface area contributed by atoms with E-state index in [0.29, 0.717) is 56.9 Å². The largest absolute Gasteiger partial charge is 0.493 e. The molecule has 3 heterocycles. The van der Waals surface area contributed by atoms with Crippen molar-refractivity contribution in [2.24, 2.45) is 5.41 Å². The Morgan fingerprint density at radius 2 is 1.81 bits per heavy atom. The lowest BCUT2D eigenvalue weighted by atomic mass is 9.91. The molecule has 43 heavy (non-hydrogen) atoms. The normalized spacial score (nSPS) is 25.4. The van der Waals surface area contributed by atoms with E-state index in [-0.39, 0.29) is 47.6 Å². The summed E-state index contributed by atoms with van der Waals surface area (Å²) < 4.78 is 26.0. The zero-order valence-corrected chi connectivity index (χ0v) is 25.3. The van der Waals surface area contributed by atoms with E-state index in [2.05, 4.69) is 15.5 Å². The lowest BCUT2D eigenvalue weighted by Crippen LogP contribution is -2.62. The van der Waals surface area contributed by atoms with Crippen LogP contribution in [-0.2, 0) is 20.9 Å². The number of hydrogen-bond acceptors (Lipinski definition) is 6. The van der Waals surface area contributed by atoms with Crippen LogP contribution < -0.4 is 15.4 Å². The van der Waals surface area contributed by atoms with E-state index in [4.69, 9.17) is 9.47 Å². The summed E-state index contributed by atoms with van der Waals surface area (Å²) >= 11 is 0. The number of ether oxygens (including phenoxy) is 2. The summed E-state index contributed by atoms with van der Waals surface area (Å²) in [5, 5.41) is 6.21. The molecule has 9 nitrogen and oxygen atoms in total. The van der Waals surface area contributed by atoms with E-state index < -0.39 is 12.1 Å². The minimum Gasteiger partial charge on any atom is -0.493 e. The van der Waals surface area contributed by atoms with Crippen LogP contribution in [0.5, 0.6) is 5.75 Å². The Bertz CT molecular complexity index is 1300. The van der Waals surface area contributed by atoms with Gasteiger partial charge in [-0.05, 0) is 48.1 Å². The third kappa shape index (κ3) is 8.12. The Kier molecular flexibility index (Phi) is 9.66. The van der Waals surface area contributed by atoms with Gasteiger partial charge >= 0.3 is 0 Å². The summed E-state index contributed by atoms with van der Waals surface area (Å²) in [4.78, 5) is 44.3. The maximum Gasteiger partial charge on any atom is 0.258 e. The van der Waals surface area contributed by atoms with Gasteiger partial charge in [-0.15, -0.1) is 0 Å². The van der Waals surface area contributed by atoms with Crippen LogP contribution in [0.1, 0.15) is 62.4 Å². The van der Waals surface area contributed by atoms with Crippen LogP contribution in [-0.4, -0.2) is 84.6 Å². The lowest BCUT2D eigenvalue weighted by molar-refractivity contribution is -0.131. The average Bonchev–Trinajstić information content (AvgIpc) is 2.96. The number of piperazine rings is 1. The van der Waals surface area contributed by atoms with Crippen LogP contribution >= 0.6 is 0 Å². The Hall–Kier alpha value is -3.50. The highest BCUT2D eigenvalue weighted by Crippen LogP contribution is 2.27. The molecule has 2 aromatic rings. The summed E-state index contributed by atoms with van der Waals surface area (Å²) in [6.45, 7) is 8.42. The third-order valence-corrected chi connectivity index (χ3v) is 8.29. The molecule has 2 fully saturated rings. The van der Waals surface area contributed by atoms with Gasteiger partial charge in [0, 0.05) is 45.6 Å². The topological polar surface area (TPSA) is 100 Å². The SMILES string of the molecule is CC(C)(C)CC(=O)N[C@@H]1CC[C@H]2CCOc3ccccc3C(=O)N3CCN(Cc4ccc(F)cc4)C[C@H]3C(=O)NC[C@H]1O2. The van der Waals surface area contributed by atoms with Gasteiger partial charge in [0.05, 0.1) is 30.4 Å². The highest BCUT2D eigenvalue weighted by Gasteiger charge is 2.39. The molecule has 0 spiro atoms. The third-order valence-electron chi connectivity index (χ3n) is 8.29. The number of nitrogens with one attached hydrogen (secondary N) is 2. The van der Waals surface area contributed by atoms with Gasteiger partial charge in [0.2, 0.25) is 11.8 Å². The number of para-hydroxylation sites is 1. The molecule has 232 valence electrons. The number of carbonyl (C=O) groups excluding carboxylic acids is 3. The molecule has 3 amide bonds. The molecule has 2 aromatic carbocycles. The van der Waals surface area contributed by atoms with Gasteiger partial charge in [-0.25, -0.2) is 4.39 Å². The van der Waals surface area contributed by atoms with Crippen molar-refractivity contribution in [2.45, 2.75) is 77.3 Å². The van der Waals surface area contributed by atoms with Crippen LogP contribution in [0.15, 0.2) is 48.5 Å². The van der Waals surface area contributed by atoms with Crippen molar-refractivity contribution < 1.29 is 28.2 Å². The van der Waals surface area contributed by atoms with Crippen LogP contribution in [0.2, 0.25) is 0 Å². The summed E-state index contributed by atoms with van der Waals surface area (Å²) in [5.74, 6) is -0.385. The molecule has 5 rings (SSSR count). The molecule has 0 aromatic heterocycles. The van der Waals surface area contributed by atoms with E-state index in [1.54, 1.807) is 35.2 Å². The van der Waals surface area contributed by atoms with Crippen molar-refractivity contribution in [1.82, 2.24) is 20.4 Å². The number of halogens is 1. The number of fused-ring (bicyclic) bond motifs is 4. The van der Waals surface area contributed by atoms with Gasteiger partial charge in [-0.2, -0.15) is 0 Å². The Morgan fingerprint density at radius 3 is 2.58 bits per heavy atom. The minimum absolute atomic E-state index is 0.0364. The lowest BCUT2D eigenvalue weighted by Gasteiger charge is -2.42. The van der Waals surface area contributed by atoms with Crippen molar-refractivity contribution in [3.05, 3.63) is 65.5 Å². The number of amides is 3. The standard InChI is InChI=1S/C33H43FN4O5/c1-33(2,3)18-30(39)36-26-13-12-24-14-17-42-28-7-5-4-6-25(28)32(41)38-16-15-37(20-22-8-10-23(34)11-9-22)21-27(38)31(40)35-19-29(26)43-24/h4-11,24,26-27,29H,12-21H2,1-3H3,(H,35,40)(H,36,39)/t24-,26+,27-,29+/m0/s1. The first-order valence-corrected chi connectivity index (χ1v) is 15.3. The molecule has 3 aliphatic rings. The number of nitrogens with zero attached hydrogens (tertiary/aromatic N) is 2. The van der Waals surface area contributed by atoms with Crippen LogP contribution in [0.4, 0.5) is 4.39 Å². The summed E-state index contributed by atoms with van der Waals surface area (Å²) in [6, 6.07) is 12.5. The van der Waals surface area contributed by atoms with E-state index >= 15 is 0 Å².